The molecule has 1 N–H and O–H groups in total. The maximum absolute atomic E-state index is 12.3. The lowest BCUT2D eigenvalue weighted by Gasteiger charge is -2.18. The van der Waals surface area contributed by atoms with Crippen molar-refractivity contribution in [2.75, 3.05) is 24.6 Å². The first-order valence-electron chi connectivity index (χ1n) is 4.75. The highest BCUT2D eigenvalue weighted by Crippen LogP contribution is 2.34. The monoisotopic (exact) mass is 255 g/mol. The van der Waals surface area contributed by atoms with Gasteiger partial charge in [0.05, 0.1) is 6.61 Å². The van der Waals surface area contributed by atoms with Crippen LogP contribution in [-0.4, -0.2) is 35.0 Å². The Morgan fingerprint density at radius 1 is 1.31 bits per heavy atom. The predicted molar refractivity (Wildman–Crippen MR) is 54.5 cm³/mol. The molecule has 0 amide bonds. The largest absolute Gasteiger partial charge is 0.445 e. The Morgan fingerprint density at radius 2 is 2.00 bits per heavy atom. The Balaban J connectivity index is 2.81. The highest BCUT2D eigenvalue weighted by atomic mass is 32.1. The molecule has 0 aliphatic rings. The molecule has 0 spiro atoms. The minimum atomic E-state index is -4.45. The quantitative estimate of drug-likeness (QED) is 0.871. The van der Waals surface area contributed by atoms with E-state index >= 15 is 0 Å². The number of hydrogen-bond acceptors (Lipinski definition) is 5. The molecule has 8 heteroatoms. The van der Waals surface area contributed by atoms with E-state index in [1.54, 1.807) is 4.90 Å². The van der Waals surface area contributed by atoms with Crippen molar-refractivity contribution >= 4 is 16.5 Å². The second-order valence-corrected chi connectivity index (χ2v) is 4.05. The van der Waals surface area contributed by atoms with Crippen LogP contribution in [0.15, 0.2) is 0 Å². The lowest BCUT2D eigenvalue weighted by atomic mass is 10.4. The first kappa shape index (κ1) is 13.2. The Kier molecular flexibility index (Phi) is 4.48. The number of alkyl halides is 3. The molecule has 0 unspecified atom stereocenters. The molecule has 0 aliphatic carbocycles. The summed E-state index contributed by atoms with van der Waals surface area (Å²) < 4.78 is 36.8. The summed E-state index contributed by atoms with van der Waals surface area (Å²) in [5, 5.41) is 14.6. The van der Waals surface area contributed by atoms with E-state index in [9.17, 15) is 13.2 Å². The molecule has 0 aromatic carbocycles. The Bertz CT molecular complexity index is 323. The van der Waals surface area contributed by atoms with Gasteiger partial charge in [-0.3, -0.25) is 0 Å². The summed E-state index contributed by atoms with van der Waals surface area (Å²) >= 11 is 0.495. The first-order valence-corrected chi connectivity index (χ1v) is 5.57. The predicted octanol–water partition coefficient (Wildman–Crippen LogP) is 1.77. The van der Waals surface area contributed by atoms with Gasteiger partial charge in [-0.25, -0.2) is 0 Å². The Hall–Kier alpha value is -0.890. The standard InChI is InChI=1S/C8H12F3N3OS/c1-2-3-14(4-5-15)7-13-12-6(16-7)8(9,10)11/h15H,2-5H2,1H3. The smallest absolute Gasteiger partial charge is 0.395 e. The molecule has 16 heavy (non-hydrogen) atoms. The van der Waals surface area contributed by atoms with Gasteiger partial charge >= 0.3 is 6.18 Å². The van der Waals surface area contributed by atoms with E-state index in [2.05, 4.69) is 10.2 Å². The van der Waals surface area contributed by atoms with Crippen LogP contribution >= 0.6 is 11.3 Å². The fourth-order valence-corrected chi connectivity index (χ4v) is 1.92. The van der Waals surface area contributed by atoms with Crippen LogP contribution in [0.5, 0.6) is 0 Å². The summed E-state index contributed by atoms with van der Waals surface area (Å²) in [7, 11) is 0. The van der Waals surface area contributed by atoms with Gasteiger partial charge in [0.25, 0.3) is 0 Å². The molecule has 4 nitrogen and oxygen atoms in total. The SMILES string of the molecule is CCCN(CCO)c1nnc(C(F)(F)F)s1. The van der Waals surface area contributed by atoms with Gasteiger partial charge in [0, 0.05) is 13.1 Å². The zero-order valence-electron chi connectivity index (χ0n) is 8.66. The van der Waals surface area contributed by atoms with Crippen LogP contribution in [0.25, 0.3) is 0 Å². The molecule has 0 atom stereocenters. The van der Waals surface area contributed by atoms with Crippen molar-refractivity contribution in [3.8, 4) is 0 Å². The number of rotatable bonds is 5. The summed E-state index contributed by atoms with van der Waals surface area (Å²) in [5.74, 6) is 0. The number of halogens is 3. The van der Waals surface area contributed by atoms with Crippen molar-refractivity contribution in [1.29, 1.82) is 0 Å². The lowest BCUT2D eigenvalue weighted by molar-refractivity contribution is -0.138. The molecule has 0 bridgehead atoms. The molecule has 1 aromatic heterocycles. The lowest BCUT2D eigenvalue weighted by Crippen LogP contribution is -2.27. The minimum absolute atomic E-state index is 0.124. The number of aliphatic hydroxyl groups is 1. The van der Waals surface area contributed by atoms with Gasteiger partial charge < -0.3 is 10.0 Å². The molecule has 0 saturated heterocycles. The second-order valence-electron chi connectivity index (χ2n) is 3.10. The molecule has 0 fully saturated rings. The molecule has 1 aromatic rings. The van der Waals surface area contributed by atoms with Gasteiger partial charge in [0.15, 0.2) is 0 Å². The summed E-state index contributed by atoms with van der Waals surface area (Å²) in [6, 6.07) is 0. The van der Waals surface area contributed by atoms with Gasteiger partial charge in [-0.05, 0) is 6.42 Å². The van der Waals surface area contributed by atoms with E-state index in [4.69, 9.17) is 5.11 Å². The third kappa shape index (κ3) is 3.31. The zero-order chi connectivity index (χ0) is 12.2. The van der Waals surface area contributed by atoms with Gasteiger partial charge in [-0.15, -0.1) is 10.2 Å². The van der Waals surface area contributed by atoms with Crippen molar-refractivity contribution in [3.63, 3.8) is 0 Å². The van der Waals surface area contributed by atoms with Gasteiger partial charge in [0.2, 0.25) is 10.1 Å². The highest BCUT2D eigenvalue weighted by molar-refractivity contribution is 7.15. The normalized spacial score (nSPS) is 11.8. The highest BCUT2D eigenvalue weighted by Gasteiger charge is 2.36. The van der Waals surface area contributed by atoms with E-state index in [-0.39, 0.29) is 18.3 Å². The third-order valence-electron chi connectivity index (χ3n) is 1.79. The molecule has 1 rings (SSSR count). The maximum atomic E-state index is 12.3. The number of anilines is 1. The molecule has 92 valence electrons. The molecular formula is C8H12F3N3OS. The van der Waals surface area contributed by atoms with E-state index in [0.717, 1.165) is 6.42 Å². The maximum Gasteiger partial charge on any atom is 0.445 e. The summed E-state index contributed by atoms with van der Waals surface area (Å²) in [5.41, 5.74) is 0. The molecular weight excluding hydrogens is 243 g/mol. The topological polar surface area (TPSA) is 49.2 Å². The first-order chi connectivity index (χ1) is 7.49. The number of hydrogen-bond donors (Lipinski definition) is 1. The van der Waals surface area contributed by atoms with Crippen molar-refractivity contribution in [2.24, 2.45) is 0 Å². The van der Waals surface area contributed by atoms with Crippen molar-refractivity contribution < 1.29 is 18.3 Å². The van der Waals surface area contributed by atoms with Crippen LogP contribution < -0.4 is 4.90 Å². The van der Waals surface area contributed by atoms with Gasteiger partial charge in [-0.1, -0.05) is 18.3 Å². The fraction of sp³-hybridized carbons (Fsp3) is 0.750. The Labute approximate surface area is 94.7 Å². The van der Waals surface area contributed by atoms with E-state index in [0.29, 0.717) is 17.9 Å². The second kappa shape index (κ2) is 5.44. The minimum Gasteiger partial charge on any atom is -0.395 e. The van der Waals surface area contributed by atoms with E-state index < -0.39 is 11.2 Å². The summed E-state index contributed by atoms with van der Waals surface area (Å²) in [4.78, 5) is 1.59. The van der Waals surface area contributed by atoms with Crippen molar-refractivity contribution in [1.82, 2.24) is 10.2 Å². The average molecular weight is 255 g/mol. The third-order valence-corrected chi connectivity index (χ3v) is 2.82. The van der Waals surface area contributed by atoms with Crippen LogP contribution in [0.4, 0.5) is 18.3 Å². The number of aromatic nitrogens is 2. The van der Waals surface area contributed by atoms with Crippen molar-refractivity contribution in [3.05, 3.63) is 5.01 Å². The van der Waals surface area contributed by atoms with Crippen LogP contribution in [0, 0.1) is 0 Å². The fourth-order valence-electron chi connectivity index (χ4n) is 1.15. The molecule has 0 saturated carbocycles. The molecule has 0 radical (unpaired) electrons. The van der Waals surface area contributed by atoms with E-state index in [1.807, 2.05) is 6.92 Å². The summed E-state index contributed by atoms with van der Waals surface area (Å²) in [6.45, 7) is 2.59. The molecule has 1 heterocycles. The van der Waals surface area contributed by atoms with Crippen LogP contribution in [0.3, 0.4) is 0 Å². The number of nitrogens with zero attached hydrogens (tertiary/aromatic N) is 3. The van der Waals surface area contributed by atoms with Gasteiger partial charge in [0.1, 0.15) is 0 Å². The average Bonchev–Trinajstić information content (AvgIpc) is 2.65. The van der Waals surface area contributed by atoms with E-state index in [1.165, 1.54) is 0 Å². The zero-order valence-corrected chi connectivity index (χ0v) is 9.48. The van der Waals surface area contributed by atoms with Crippen LogP contribution in [0.2, 0.25) is 0 Å². The number of aliphatic hydroxyl groups excluding tert-OH is 1. The molecule has 0 aliphatic heterocycles. The Morgan fingerprint density at radius 3 is 2.44 bits per heavy atom. The van der Waals surface area contributed by atoms with Crippen LogP contribution in [0.1, 0.15) is 18.4 Å². The van der Waals surface area contributed by atoms with Gasteiger partial charge in [-0.2, -0.15) is 13.2 Å². The van der Waals surface area contributed by atoms with Crippen molar-refractivity contribution in [2.45, 2.75) is 19.5 Å². The van der Waals surface area contributed by atoms with Crippen LogP contribution in [-0.2, 0) is 6.18 Å². The summed E-state index contributed by atoms with van der Waals surface area (Å²) in [6.07, 6.45) is -3.69.